The van der Waals surface area contributed by atoms with Crippen molar-refractivity contribution in [2.75, 3.05) is 13.7 Å². The van der Waals surface area contributed by atoms with Crippen LogP contribution in [0.5, 0.6) is 0 Å². The van der Waals surface area contributed by atoms with Gasteiger partial charge in [-0.3, -0.25) is 0 Å². The van der Waals surface area contributed by atoms with Crippen molar-refractivity contribution in [1.82, 2.24) is 14.7 Å². The molecule has 1 aromatic carbocycles. The first kappa shape index (κ1) is 17.0. The van der Waals surface area contributed by atoms with Crippen molar-refractivity contribution in [2.45, 2.75) is 19.6 Å². The summed E-state index contributed by atoms with van der Waals surface area (Å²) in [5, 5.41) is 13.8. The second-order valence-electron chi connectivity index (χ2n) is 5.58. The molecule has 0 bridgehead atoms. The lowest BCUT2D eigenvalue weighted by Crippen LogP contribution is -2.07. The van der Waals surface area contributed by atoms with E-state index >= 15 is 0 Å². The largest absolute Gasteiger partial charge is 0.385 e. The van der Waals surface area contributed by atoms with Crippen molar-refractivity contribution in [3.63, 3.8) is 0 Å². The summed E-state index contributed by atoms with van der Waals surface area (Å²) in [5.41, 5.74) is 2.61. The zero-order valence-electron chi connectivity index (χ0n) is 14.1. The molecule has 2 aromatic heterocycles. The Kier molecular flexibility index (Phi) is 5.29. The third kappa shape index (κ3) is 4.15. The normalized spacial score (nSPS) is 11.8. The van der Waals surface area contributed by atoms with E-state index in [1.807, 2.05) is 41.1 Å². The molecule has 0 aliphatic heterocycles. The Morgan fingerprint density at radius 1 is 1.32 bits per heavy atom. The number of rotatable bonds is 5. The molecule has 0 aliphatic rings. The average molecular weight is 337 g/mol. The van der Waals surface area contributed by atoms with Crippen molar-refractivity contribution in [1.29, 1.82) is 0 Å². The quantitative estimate of drug-likeness (QED) is 0.725. The molecule has 0 fully saturated rings. The number of benzene rings is 1. The number of methoxy groups -OCH3 is 1. The molecule has 0 amide bonds. The van der Waals surface area contributed by atoms with Gasteiger partial charge < -0.3 is 18.9 Å². The van der Waals surface area contributed by atoms with Gasteiger partial charge in [-0.15, -0.1) is 0 Å². The summed E-state index contributed by atoms with van der Waals surface area (Å²) in [4.78, 5) is 4.15. The number of hydrogen-bond acceptors (Lipinski definition) is 5. The van der Waals surface area contributed by atoms with Crippen LogP contribution in [0.25, 0.3) is 11.3 Å². The molecular weight excluding hydrogens is 318 g/mol. The van der Waals surface area contributed by atoms with Crippen molar-refractivity contribution >= 4 is 0 Å². The predicted molar refractivity (Wildman–Crippen MR) is 92.7 cm³/mol. The van der Waals surface area contributed by atoms with Crippen LogP contribution in [0.2, 0.25) is 0 Å². The Bertz CT molecular complexity index is 883. The van der Waals surface area contributed by atoms with Gasteiger partial charge in [0.2, 0.25) is 0 Å². The van der Waals surface area contributed by atoms with Gasteiger partial charge in [0.05, 0.1) is 6.54 Å². The Hall–Kier alpha value is -2.88. The van der Waals surface area contributed by atoms with Crippen LogP contribution in [0.1, 0.15) is 30.1 Å². The highest BCUT2D eigenvalue weighted by Gasteiger charge is 2.12. The monoisotopic (exact) mass is 337 g/mol. The van der Waals surface area contributed by atoms with Crippen LogP contribution in [0.4, 0.5) is 0 Å². The van der Waals surface area contributed by atoms with Gasteiger partial charge in [0.25, 0.3) is 0 Å². The van der Waals surface area contributed by atoms with Crippen LogP contribution in [0, 0.1) is 11.8 Å². The van der Waals surface area contributed by atoms with Crippen LogP contribution in [0.3, 0.4) is 0 Å². The fourth-order valence-electron chi connectivity index (χ4n) is 2.45. The summed E-state index contributed by atoms with van der Waals surface area (Å²) in [7, 11) is 1.62. The summed E-state index contributed by atoms with van der Waals surface area (Å²) in [6.07, 6.45) is 2.84. The summed E-state index contributed by atoms with van der Waals surface area (Å²) in [5.74, 6) is 7.22. The molecule has 6 heteroatoms. The number of nitrogens with zero attached hydrogens (tertiary/aromatic N) is 3. The van der Waals surface area contributed by atoms with E-state index in [2.05, 4.69) is 22.0 Å². The molecule has 1 atom stereocenters. The molecule has 25 heavy (non-hydrogen) atoms. The molecule has 0 saturated carbocycles. The molecular formula is C19H19N3O3. The van der Waals surface area contributed by atoms with Crippen LogP contribution >= 0.6 is 0 Å². The SMILES string of the molecule is COCC#Cc1ccc(-c2cc(Cn3ccnc3[C@H](C)O)no2)cc1. The fourth-order valence-corrected chi connectivity index (χ4v) is 2.45. The van der Waals surface area contributed by atoms with Gasteiger partial charge in [0, 0.05) is 36.7 Å². The number of aliphatic hydroxyl groups excluding tert-OH is 1. The van der Waals surface area contributed by atoms with E-state index in [-0.39, 0.29) is 0 Å². The molecule has 0 aliphatic carbocycles. The Balaban J connectivity index is 1.73. The number of hydrogen-bond donors (Lipinski definition) is 1. The fraction of sp³-hybridized carbons (Fsp3) is 0.263. The van der Waals surface area contributed by atoms with Crippen molar-refractivity contribution in [3.8, 4) is 23.2 Å². The second-order valence-corrected chi connectivity index (χ2v) is 5.58. The lowest BCUT2D eigenvalue weighted by atomic mass is 10.1. The minimum absolute atomic E-state index is 0.413. The molecule has 128 valence electrons. The summed E-state index contributed by atoms with van der Waals surface area (Å²) in [6.45, 7) is 2.59. The van der Waals surface area contributed by atoms with Gasteiger partial charge >= 0.3 is 0 Å². The molecule has 0 saturated heterocycles. The molecule has 0 unspecified atom stereocenters. The van der Waals surface area contributed by atoms with E-state index < -0.39 is 6.10 Å². The summed E-state index contributed by atoms with van der Waals surface area (Å²) < 4.78 is 12.2. The van der Waals surface area contributed by atoms with Gasteiger partial charge in [-0.05, 0) is 31.2 Å². The predicted octanol–water partition coefficient (Wildman–Crippen LogP) is 2.64. The van der Waals surface area contributed by atoms with E-state index in [1.165, 1.54) is 0 Å². The van der Waals surface area contributed by atoms with E-state index in [9.17, 15) is 5.11 Å². The highest BCUT2D eigenvalue weighted by molar-refractivity contribution is 5.59. The van der Waals surface area contributed by atoms with E-state index in [0.717, 1.165) is 16.8 Å². The Morgan fingerprint density at radius 3 is 2.84 bits per heavy atom. The number of aromatic nitrogens is 3. The standard InChI is InChI=1S/C19H19N3O3/c1-14(23)19-20-9-10-22(19)13-17-12-18(25-21-17)16-7-5-15(6-8-16)4-3-11-24-2/h5-10,12,14,23H,11,13H2,1-2H3/t14-/m0/s1. The first-order valence-corrected chi connectivity index (χ1v) is 7.90. The minimum Gasteiger partial charge on any atom is -0.385 e. The van der Waals surface area contributed by atoms with E-state index in [1.54, 1.807) is 20.2 Å². The summed E-state index contributed by atoms with van der Waals surface area (Å²) >= 11 is 0. The van der Waals surface area contributed by atoms with Gasteiger partial charge in [0.15, 0.2) is 5.76 Å². The van der Waals surface area contributed by atoms with Crippen LogP contribution in [-0.4, -0.2) is 33.5 Å². The smallest absolute Gasteiger partial charge is 0.167 e. The Labute approximate surface area is 146 Å². The number of aliphatic hydroxyl groups is 1. The van der Waals surface area contributed by atoms with Crippen LogP contribution < -0.4 is 0 Å². The second kappa shape index (κ2) is 7.79. The van der Waals surface area contributed by atoms with Crippen molar-refractivity contribution in [2.24, 2.45) is 0 Å². The molecule has 3 aromatic rings. The zero-order chi connectivity index (χ0) is 17.6. The average Bonchev–Trinajstić information content (AvgIpc) is 3.26. The Morgan fingerprint density at radius 2 is 2.12 bits per heavy atom. The minimum atomic E-state index is -0.631. The van der Waals surface area contributed by atoms with Crippen molar-refractivity contribution < 1.29 is 14.4 Å². The lowest BCUT2D eigenvalue weighted by molar-refractivity contribution is 0.184. The topological polar surface area (TPSA) is 73.3 Å². The van der Waals surface area contributed by atoms with Gasteiger partial charge in [-0.2, -0.15) is 0 Å². The summed E-state index contributed by atoms with van der Waals surface area (Å²) in [6, 6.07) is 9.64. The molecule has 3 rings (SSSR count). The van der Waals surface area contributed by atoms with Crippen molar-refractivity contribution in [3.05, 3.63) is 59.8 Å². The molecule has 0 spiro atoms. The van der Waals surface area contributed by atoms with Crippen LogP contribution in [0.15, 0.2) is 47.2 Å². The lowest BCUT2D eigenvalue weighted by Gasteiger charge is -2.07. The first-order valence-electron chi connectivity index (χ1n) is 7.90. The first-order chi connectivity index (χ1) is 12.2. The molecule has 6 nitrogen and oxygen atoms in total. The van der Waals surface area contributed by atoms with Gasteiger partial charge in [-0.1, -0.05) is 17.0 Å². The van der Waals surface area contributed by atoms with E-state index in [4.69, 9.17) is 9.26 Å². The molecule has 0 radical (unpaired) electrons. The van der Waals surface area contributed by atoms with E-state index in [0.29, 0.717) is 24.7 Å². The number of imidazole rings is 1. The molecule has 1 N–H and O–H groups in total. The third-order valence-corrected chi connectivity index (χ3v) is 3.63. The van der Waals surface area contributed by atoms with Crippen LogP contribution in [-0.2, 0) is 11.3 Å². The number of ether oxygens (including phenoxy) is 1. The zero-order valence-corrected chi connectivity index (χ0v) is 14.1. The third-order valence-electron chi connectivity index (χ3n) is 3.63. The van der Waals surface area contributed by atoms with Gasteiger partial charge in [0.1, 0.15) is 24.2 Å². The molecule has 2 heterocycles. The maximum Gasteiger partial charge on any atom is 0.167 e. The highest BCUT2D eigenvalue weighted by atomic mass is 16.5. The maximum atomic E-state index is 9.71. The highest BCUT2D eigenvalue weighted by Crippen LogP contribution is 2.21. The maximum absolute atomic E-state index is 9.71. The van der Waals surface area contributed by atoms with Gasteiger partial charge in [-0.25, -0.2) is 4.98 Å².